The summed E-state index contributed by atoms with van der Waals surface area (Å²) < 4.78 is 0. The molecule has 1 N–H and O–H groups in total. The van der Waals surface area contributed by atoms with Crippen LogP contribution in [0.15, 0.2) is 0 Å². The first-order chi connectivity index (χ1) is 5.90. The highest BCUT2D eigenvalue weighted by atomic mass is 16.2. The summed E-state index contributed by atoms with van der Waals surface area (Å²) in [7, 11) is 0. The molecule has 0 saturated heterocycles. The predicted octanol–water partition coefficient (Wildman–Crippen LogP) is 2.08. The quantitative estimate of drug-likeness (QED) is 0.719. The van der Waals surface area contributed by atoms with Crippen molar-refractivity contribution in [2.45, 2.75) is 34.6 Å². The van der Waals surface area contributed by atoms with Gasteiger partial charge in [0.15, 0.2) is 0 Å². The number of nitrogens with one attached hydrogen (secondary N) is 1. The van der Waals surface area contributed by atoms with Gasteiger partial charge >= 0.3 is 6.03 Å². The van der Waals surface area contributed by atoms with E-state index in [0.29, 0.717) is 0 Å². The molecule has 0 heterocycles. The van der Waals surface area contributed by atoms with Gasteiger partial charge in [0.1, 0.15) is 0 Å². The molecule has 13 heavy (non-hydrogen) atoms. The fraction of sp³-hybridized carbons (Fsp3) is 0.900. The van der Waals surface area contributed by atoms with Crippen molar-refractivity contribution in [1.82, 2.24) is 10.2 Å². The predicted molar refractivity (Wildman–Crippen MR) is 55.8 cm³/mol. The molecule has 0 rings (SSSR count). The minimum absolute atomic E-state index is 0.0416. The van der Waals surface area contributed by atoms with Crippen LogP contribution in [0.5, 0.6) is 0 Å². The zero-order chi connectivity index (χ0) is 10.5. The lowest BCUT2D eigenvalue weighted by atomic mass is 9.97. The summed E-state index contributed by atoms with van der Waals surface area (Å²) in [5, 5.41) is 2.91. The number of nitrogens with zero attached hydrogens (tertiary/aromatic N) is 1. The van der Waals surface area contributed by atoms with Gasteiger partial charge in [-0.25, -0.2) is 4.79 Å². The smallest absolute Gasteiger partial charge is 0.317 e. The zero-order valence-electron chi connectivity index (χ0n) is 9.48. The minimum atomic E-state index is 0.0416. The molecule has 0 unspecified atom stereocenters. The Hall–Kier alpha value is -0.730. The molecule has 0 aromatic carbocycles. The first-order valence-electron chi connectivity index (χ1n) is 4.93. The van der Waals surface area contributed by atoms with Crippen molar-refractivity contribution >= 4 is 6.03 Å². The van der Waals surface area contributed by atoms with Crippen LogP contribution in [0.4, 0.5) is 4.79 Å². The highest BCUT2D eigenvalue weighted by molar-refractivity contribution is 5.74. The average Bonchev–Trinajstić information content (AvgIpc) is 2.02. The lowest BCUT2D eigenvalue weighted by Gasteiger charge is -2.23. The van der Waals surface area contributed by atoms with Gasteiger partial charge in [0.25, 0.3) is 0 Å². The SMILES string of the molecule is CCN(CC)C(=O)NCC(C)(C)C. The molecule has 0 aromatic heterocycles. The number of hydrogen-bond donors (Lipinski definition) is 1. The minimum Gasteiger partial charge on any atom is -0.337 e. The summed E-state index contributed by atoms with van der Waals surface area (Å²) in [4.78, 5) is 13.3. The van der Waals surface area contributed by atoms with E-state index in [4.69, 9.17) is 0 Å². The summed E-state index contributed by atoms with van der Waals surface area (Å²) >= 11 is 0. The molecule has 0 aliphatic heterocycles. The van der Waals surface area contributed by atoms with Crippen molar-refractivity contribution in [3.05, 3.63) is 0 Å². The van der Waals surface area contributed by atoms with E-state index in [9.17, 15) is 4.79 Å². The molecule has 0 atom stereocenters. The number of hydrogen-bond acceptors (Lipinski definition) is 1. The summed E-state index contributed by atoms with van der Waals surface area (Å²) in [5.41, 5.74) is 0.156. The fourth-order valence-corrected chi connectivity index (χ4v) is 0.963. The monoisotopic (exact) mass is 186 g/mol. The topological polar surface area (TPSA) is 32.3 Å². The number of urea groups is 1. The maximum atomic E-state index is 11.5. The number of rotatable bonds is 3. The van der Waals surface area contributed by atoms with Crippen molar-refractivity contribution in [2.24, 2.45) is 5.41 Å². The fourth-order valence-electron chi connectivity index (χ4n) is 0.963. The Morgan fingerprint density at radius 2 is 1.69 bits per heavy atom. The van der Waals surface area contributed by atoms with Gasteiger partial charge in [-0.3, -0.25) is 0 Å². The Bertz CT molecular complexity index is 157. The number of carbonyl (C=O) groups excluding carboxylic acids is 1. The molecule has 78 valence electrons. The first-order valence-corrected chi connectivity index (χ1v) is 4.93. The summed E-state index contributed by atoms with van der Waals surface area (Å²) in [5.74, 6) is 0. The molecular formula is C10H22N2O. The molecule has 0 aliphatic rings. The van der Waals surface area contributed by atoms with Gasteiger partial charge in [-0.15, -0.1) is 0 Å². The van der Waals surface area contributed by atoms with Crippen molar-refractivity contribution in [1.29, 1.82) is 0 Å². The van der Waals surface area contributed by atoms with Crippen molar-refractivity contribution in [3.63, 3.8) is 0 Å². The van der Waals surface area contributed by atoms with E-state index in [1.807, 2.05) is 13.8 Å². The summed E-state index contributed by atoms with van der Waals surface area (Å²) in [6.45, 7) is 12.6. The maximum absolute atomic E-state index is 11.5. The molecule has 3 heteroatoms. The van der Waals surface area contributed by atoms with Gasteiger partial charge in [0.05, 0.1) is 0 Å². The molecule has 0 saturated carbocycles. The lowest BCUT2D eigenvalue weighted by Crippen LogP contribution is -2.42. The molecule has 0 spiro atoms. The van der Waals surface area contributed by atoms with Crippen LogP contribution in [0, 0.1) is 5.41 Å². The van der Waals surface area contributed by atoms with Crippen LogP contribution in [0.3, 0.4) is 0 Å². The van der Waals surface area contributed by atoms with Crippen LogP contribution in [0.25, 0.3) is 0 Å². The third kappa shape index (κ3) is 5.50. The van der Waals surface area contributed by atoms with Crippen LogP contribution >= 0.6 is 0 Å². The molecule has 0 aliphatic carbocycles. The molecule has 2 amide bonds. The van der Waals surface area contributed by atoms with E-state index in [2.05, 4.69) is 26.1 Å². The van der Waals surface area contributed by atoms with Gasteiger partial charge in [-0.2, -0.15) is 0 Å². The standard InChI is InChI=1S/C10H22N2O/c1-6-12(7-2)9(13)11-8-10(3,4)5/h6-8H2,1-5H3,(H,11,13). The van der Waals surface area contributed by atoms with E-state index in [0.717, 1.165) is 19.6 Å². The van der Waals surface area contributed by atoms with Crippen molar-refractivity contribution in [3.8, 4) is 0 Å². The molecular weight excluding hydrogens is 164 g/mol. The third-order valence-electron chi connectivity index (χ3n) is 1.82. The van der Waals surface area contributed by atoms with E-state index in [1.54, 1.807) is 4.90 Å². The molecule has 3 nitrogen and oxygen atoms in total. The highest BCUT2D eigenvalue weighted by Crippen LogP contribution is 2.10. The van der Waals surface area contributed by atoms with Crippen LogP contribution in [-0.4, -0.2) is 30.6 Å². The van der Waals surface area contributed by atoms with Crippen molar-refractivity contribution < 1.29 is 4.79 Å². The van der Waals surface area contributed by atoms with E-state index in [1.165, 1.54) is 0 Å². The molecule has 0 bridgehead atoms. The Balaban J connectivity index is 3.86. The molecule has 0 fully saturated rings. The van der Waals surface area contributed by atoms with Crippen LogP contribution < -0.4 is 5.32 Å². The Kier molecular flexibility index (Phi) is 4.81. The van der Waals surface area contributed by atoms with Crippen LogP contribution in [0.2, 0.25) is 0 Å². The largest absolute Gasteiger partial charge is 0.337 e. The Labute approximate surface area is 81.5 Å². The lowest BCUT2D eigenvalue weighted by molar-refractivity contribution is 0.198. The van der Waals surface area contributed by atoms with Gasteiger partial charge < -0.3 is 10.2 Å². The van der Waals surface area contributed by atoms with Crippen LogP contribution in [0.1, 0.15) is 34.6 Å². The van der Waals surface area contributed by atoms with Gasteiger partial charge in [0, 0.05) is 19.6 Å². The highest BCUT2D eigenvalue weighted by Gasteiger charge is 2.14. The van der Waals surface area contributed by atoms with Gasteiger partial charge in [0.2, 0.25) is 0 Å². The number of carbonyl (C=O) groups is 1. The van der Waals surface area contributed by atoms with E-state index < -0.39 is 0 Å². The maximum Gasteiger partial charge on any atom is 0.317 e. The van der Waals surface area contributed by atoms with E-state index >= 15 is 0 Å². The summed E-state index contributed by atoms with van der Waals surface area (Å²) in [6.07, 6.45) is 0. The second kappa shape index (κ2) is 5.10. The second-order valence-electron chi connectivity index (χ2n) is 4.39. The normalized spacial score (nSPS) is 11.2. The zero-order valence-corrected chi connectivity index (χ0v) is 9.48. The Morgan fingerprint density at radius 3 is 2.00 bits per heavy atom. The second-order valence-corrected chi connectivity index (χ2v) is 4.39. The molecule has 0 aromatic rings. The van der Waals surface area contributed by atoms with Crippen molar-refractivity contribution in [2.75, 3.05) is 19.6 Å². The Morgan fingerprint density at radius 1 is 1.23 bits per heavy atom. The van der Waals surface area contributed by atoms with Gasteiger partial charge in [-0.05, 0) is 19.3 Å². The van der Waals surface area contributed by atoms with E-state index in [-0.39, 0.29) is 11.4 Å². The summed E-state index contributed by atoms with van der Waals surface area (Å²) in [6, 6.07) is 0.0416. The average molecular weight is 186 g/mol. The first kappa shape index (κ1) is 12.3. The van der Waals surface area contributed by atoms with Gasteiger partial charge in [-0.1, -0.05) is 20.8 Å². The third-order valence-corrected chi connectivity index (χ3v) is 1.82. The van der Waals surface area contributed by atoms with Crippen LogP contribution in [-0.2, 0) is 0 Å². The number of amides is 2. The molecule has 0 radical (unpaired) electrons.